The molecule has 0 saturated heterocycles. The predicted octanol–water partition coefficient (Wildman–Crippen LogP) is 3.81. The Bertz CT molecular complexity index is 568. The Morgan fingerprint density at radius 2 is 2.28 bits per heavy atom. The monoisotopic (exact) mass is 327 g/mol. The Hall–Kier alpha value is -0.880. The number of halogens is 2. The Morgan fingerprint density at radius 1 is 1.44 bits per heavy atom. The minimum absolute atomic E-state index is 0.225. The molecule has 1 fully saturated rings. The molecular weight excluding hydrogens is 317 g/mol. The van der Waals surface area contributed by atoms with Gasteiger partial charge in [-0.15, -0.1) is 10.2 Å². The van der Waals surface area contributed by atoms with Gasteiger partial charge in [0.25, 0.3) is 0 Å². The van der Waals surface area contributed by atoms with E-state index >= 15 is 0 Å². The molecule has 3 rings (SSSR count). The first-order valence-electron chi connectivity index (χ1n) is 5.70. The maximum atomic E-state index is 13.0. The van der Waals surface area contributed by atoms with E-state index < -0.39 is 0 Å². The summed E-state index contributed by atoms with van der Waals surface area (Å²) in [6.07, 6.45) is 4.22. The number of nitrogens with zero attached hydrogens (tertiary/aromatic N) is 3. The third-order valence-corrected chi connectivity index (χ3v) is 4.60. The van der Waals surface area contributed by atoms with Crippen LogP contribution in [0, 0.1) is 5.82 Å². The summed E-state index contributed by atoms with van der Waals surface area (Å²) in [6.45, 7) is 0. The van der Waals surface area contributed by atoms with Crippen LogP contribution in [0.2, 0.25) is 0 Å². The van der Waals surface area contributed by atoms with E-state index in [1.165, 1.54) is 25.0 Å². The van der Waals surface area contributed by atoms with E-state index in [0.717, 1.165) is 20.9 Å². The lowest BCUT2D eigenvalue weighted by Gasteiger charge is -2.05. The fourth-order valence-corrected chi connectivity index (χ4v) is 3.38. The fraction of sp³-hybridized carbons (Fsp3) is 0.333. The van der Waals surface area contributed by atoms with Crippen molar-refractivity contribution in [3.63, 3.8) is 0 Å². The molecule has 0 unspecified atom stereocenters. The molecule has 0 atom stereocenters. The number of rotatable bonds is 4. The van der Waals surface area contributed by atoms with Gasteiger partial charge in [-0.05, 0) is 30.5 Å². The van der Waals surface area contributed by atoms with Crippen LogP contribution in [0.5, 0.6) is 0 Å². The molecule has 0 aliphatic heterocycles. The smallest absolute Gasteiger partial charge is 0.191 e. The zero-order valence-electron chi connectivity index (χ0n) is 9.51. The van der Waals surface area contributed by atoms with Crippen LogP contribution in [0.1, 0.15) is 24.4 Å². The third-order valence-electron chi connectivity index (χ3n) is 2.85. The average Bonchev–Trinajstić information content (AvgIpc) is 3.08. The maximum Gasteiger partial charge on any atom is 0.191 e. The van der Waals surface area contributed by atoms with Crippen LogP contribution in [0.4, 0.5) is 4.39 Å². The molecule has 0 N–H and O–H groups in total. The number of thioether (sulfide) groups is 1. The second kappa shape index (κ2) is 5.01. The van der Waals surface area contributed by atoms with Crippen LogP contribution in [0.25, 0.3) is 0 Å². The first-order chi connectivity index (χ1) is 8.74. The molecule has 1 aromatic carbocycles. The first kappa shape index (κ1) is 12.2. The van der Waals surface area contributed by atoms with E-state index in [-0.39, 0.29) is 5.82 Å². The first-order valence-corrected chi connectivity index (χ1v) is 7.48. The highest BCUT2D eigenvalue weighted by Gasteiger charge is 2.26. The van der Waals surface area contributed by atoms with Crippen molar-refractivity contribution in [2.75, 3.05) is 0 Å². The standard InChI is InChI=1S/C12H11BrFN3S/c13-11-5-9(14)2-1-8(11)6-18-12-16-15-7-17(12)10-3-4-10/h1-2,5,7,10H,3-4,6H2. The highest BCUT2D eigenvalue weighted by atomic mass is 79.9. The van der Waals surface area contributed by atoms with Gasteiger partial charge in [0.2, 0.25) is 0 Å². The van der Waals surface area contributed by atoms with E-state index in [1.807, 2.05) is 0 Å². The SMILES string of the molecule is Fc1ccc(CSc2nncn2C2CC2)c(Br)c1. The molecule has 6 heteroatoms. The molecule has 0 amide bonds. The largest absolute Gasteiger partial charge is 0.306 e. The average molecular weight is 328 g/mol. The number of benzene rings is 1. The summed E-state index contributed by atoms with van der Waals surface area (Å²) in [5.41, 5.74) is 1.06. The Labute approximate surface area is 117 Å². The van der Waals surface area contributed by atoms with Crippen LogP contribution < -0.4 is 0 Å². The highest BCUT2D eigenvalue weighted by Crippen LogP contribution is 2.38. The van der Waals surface area contributed by atoms with Crippen molar-refractivity contribution in [2.45, 2.75) is 29.8 Å². The lowest BCUT2D eigenvalue weighted by molar-refractivity contribution is 0.626. The lowest BCUT2D eigenvalue weighted by Crippen LogP contribution is -1.95. The zero-order valence-corrected chi connectivity index (χ0v) is 11.9. The molecular formula is C12H11BrFN3S. The van der Waals surface area contributed by atoms with Gasteiger partial charge in [-0.3, -0.25) is 0 Å². The maximum absolute atomic E-state index is 13.0. The topological polar surface area (TPSA) is 30.7 Å². The summed E-state index contributed by atoms with van der Waals surface area (Å²) in [6, 6.07) is 5.34. The summed E-state index contributed by atoms with van der Waals surface area (Å²) in [5.74, 6) is 0.531. The van der Waals surface area contributed by atoms with Crippen LogP contribution in [0.3, 0.4) is 0 Å². The molecule has 1 aliphatic rings. The minimum atomic E-state index is -0.225. The zero-order chi connectivity index (χ0) is 12.5. The van der Waals surface area contributed by atoms with Gasteiger partial charge in [0.1, 0.15) is 12.1 Å². The number of hydrogen-bond acceptors (Lipinski definition) is 3. The quantitative estimate of drug-likeness (QED) is 0.800. The van der Waals surface area contributed by atoms with Crippen molar-refractivity contribution < 1.29 is 4.39 Å². The molecule has 0 spiro atoms. The van der Waals surface area contributed by atoms with Gasteiger partial charge in [-0.1, -0.05) is 33.8 Å². The van der Waals surface area contributed by atoms with Gasteiger partial charge in [0.15, 0.2) is 5.16 Å². The molecule has 2 aromatic rings. The second-order valence-electron chi connectivity index (χ2n) is 4.28. The molecule has 1 saturated carbocycles. The fourth-order valence-electron chi connectivity index (χ4n) is 1.72. The molecule has 1 heterocycles. The van der Waals surface area contributed by atoms with E-state index in [0.29, 0.717) is 6.04 Å². The predicted molar refractivity (Wildman–Crippen MR) is 72.0 cm³/mol. The lowest BCUT2D eigenvalue weighted by atomic mass is 10.2. The molecule has 1 aliphatic carbocycles. The molecule has 18 heavy (non-hydrogen) atoms. The molecule has 3 nitrogen and oxygen atoms in total. The van der Waals surface area contributed by atoms with Gasteiger partial charge in [-0.25, -0.2) is 4.39 Å². The van der Waals surface area contributed by atoms with Crippen molar-refractivity contribution in [2.24, 2.45) is 0 Å². The van der Waals surface area contributed by atoms with E-state index in [4.69, 9.17) is 0 Å². The van der Waals surface area contributed by atoms with Gasteiger partial charge in [0.05, 0.1) is 0 Å². The summed E-state index contributed by atoms with van der Waals surface area (Å²) in [5, 5.41) is 9.02. The van der Waals surface area contributed by atoms with Gasteiger partial charge < -0.3 is 4.57 Å². The van der Waals surface area contributed by atoms with Crippen LogP contribution in [-0.4, -0.2) is 14.8 Å². The summed E-state index contributed by atoms with van der Waals surface area (Å²) < 4.78 is 15.9. The van der Waals surface area contributed by atoms with Gasteiger partial charge in [0, 0.05) is 16.3 Å². The van der Waals surface area contributed by atoms with Crippen LogP contribution in [-0.2, 0) is 5.75 Å². The second-order valence-corrected chi connectivity index (χ2v) is 6.07. The number of aromatic nitrogens is 3. The third kappa shape index (κ3) is 2.59. The Kier molecular flexibility index (Phi) is 3.39. The highest BCUT2D eigenvalue weighted by molar-refractivity contribution is 9.10. The molecule has 0 bridgehead atoms. The Morgan fingerprint density at radius 3 is 3.00 bits per heavy atom. The van der Waals surface area contributed by atoms with Gasteiger partial charge in [-0.2, -0.15) is 0 Å². The van der Waals surface area contributed by atoms with E-state index in [1.54, 1.807) is 24.2 Å². The van der Waals surface area contributed by atoms with Crippen molar-refractivity contribution in [1.29, 1.82) is 0 Å². The molecule has 94 valence electrons. The van der Waals surface area contributed by atoms with Crippen molar-refractivity contribution in [1.82, 2.24) is 14.8 Å². The van der Waals surface area contributed by atoms with E-state index in [9.17, 15) is 4.39 Å². The normalized spacial score (nSPS) is 15.0. The van der Waals surface area contributed by atoms with Crippen LogP contribution >= 0.6 is 27.7 Å². The molecule has 0 radical (unpaired) electrons. The summed E-state index contributed by atoms with van der Waals surface area (Å²) in [4.78, 5) is 0. The van der Waals surface area contributed by atoms with Crippen molar-refractivity contribution in [3.05, 3.63) is 40.4 Å². The Balaban J connectivity index is 1.71. The van der Waals surface area contributed by atoms with Crippen LogP contribution in [0.15, 0.2) is 34.2 Å². The summed E-state index contributed by atoms with van der Waals surface area (Å²) in [7, 11) is 0. The molecule has 1 aromatic heterocycles. The van der Waals surface area contributed by atoms with Crippen molar-refractivity contribution >= 4 is 27.7 Å². The summed E-state index contributed by atoms with van der Waals surface area (Å²) >= 11 is 5.01. The van der Waals surface area contributed by atoms with Gasteiger partial charge >= 0.3 is 0 Å². The number of hydrogen-bond donors (Lipinski definition) is 0. The van der Waals surface area contributed by atoms with Crippen molar-refractivity contribution in [3.8, 4) is 0 Å². The van der Waals surface area contributed by atoms with E-state index in [2.05, 4.69) is 30.7 Å². The minimum Gasteiger partial charge on any atom is -0.306 e.